The highest BCUT2D eigenvalue weighted by molar-refractivity contribution is 9.10. The number of alkyl halides is 3. The van der Waals surface area contributed by atoms with E-state index >= 15 is 0 Å². The van der Waals surface area contributed by atoms with E-state index in [4.69, 9.17) is 6.85 Å². The lowest BCUT2D eigenvalue weighted by molar-refractivity contribution is -0.139. The third-order valence-corrected chi connectivity index (χ3v) is 1.46. The maximum absolute atomic E-state index is 12.7. The van der Waals surface area contributed by atoms with Crippen molar-refractivity contribution < 1.29 is 24.8 Å². The Morgan fingerprint density at radius 3 is 2.92 bits per heavy atom. The Kier molecular flexibility index (Phi) is 1.41. The van der Waals surface area contributed by atoms with Gasteiger partial charge in [-0.2, -0.15) is 13.2 Å². The molecule has 0 saturated carbocycles. The normalized spacial score (nSPS) is 18.0. The number of hydrogen-bond donors (Lipinski definition) is 0. The first-order valence-electron chi connectivity index (χ1n) is 5.36. The summed E-state index contributed by atoms with van der Waals surface area (Å²) in [5, 5.41) is 0. The molecule has 72 valence electrons. The number of hydrogen-bond acceptors (Lipinski definition) is 2. The summed E-state index contributed by atoms with van der Waals surface area (Å²) in [7, 11) is -3.15. The summed E-state index contributed by atoms with van der Waals surface area (Å²) in [6, 6.07) is -1.10. The van der Waals surface area contributed by atoms with Gasteiger partial charge in [-0.3, -0.25) is 0 Å². The van der Waals surface area contributed by atoms with Crippen molar-refractivity contribution in [1.82, 2.24) is 4.98 Å². The minimum Gasteiger partial charge on any atom is -0.481 e. The smallest absolute Gasteiger partial charge is 0.421 e. The molecule has 0 amide bonds. The van der Waals surface area contributed by atoms with Crippen molar-refractivity contribution in [2.75, 3.05) is 7.04 Å². The predicted octanol–water partition coefficient (Wildman–Crippen LogP) is 2.87. The Labute approximate surface area is 87.9 Å². The number of aromatic nitrogens is 1. The van der Waals surface area contributed by atoms with Crippen molar-refractivity contribution in [3.05, 3.63) is 22.3 Å². The first-order valence-corrected chi connectivity index (χ1v) is 3.65. The third kappa shape index (κ3) is 2.33. The molecule has 0 unspecified atom stereocenters. The predicted molar refractivity (Wildman–Crippen MR) is 43.5 cm³/mol. The largest absolute Gasteiger partial charge is 0.481 e. The number of rotatable bonds is 1. The molecule has 1 aromatic heterocycles. The van der Waals surface area contributed by atoms with E-state index in [1.165, 1.54) is 0 Å². The van der Waals surface area contributed by atoms with E-state index in [2.05, 4.69) is 25.7 Å². The van der Waals surface area contributed by atoms with Crippen molar-refractivity contribution in [3.8, 4) is 5.88 Å². The molecule has 0 saturated heterocycles. The standard InChI is InChI=1S/C7H5BrF3NO/c1-13-6-5(7(9,10)11)2-4(8)3-12-6/h2-3H,1H3/i1D3,2D,3D. The van der Waals surface area contributed by atoms with Crippen LogP contribution in [0.25, 0.3) is 0 Å². The van der Waals surface area contributed by atoms with Crippen molar-refractivity contribution in [1.29, 1.82) is 0 Å². The first-order chi connectivity index (χ1) is 7.93. The first kappa shape index (κ1) is 5.19. The average molecular weight is 261 g/mol. The summed E-state index contributed by atoms with van der Waals surface area (Å²) in [5.41, 5.74) is -1.64. The lowest BCUT2D eigenvalue weighted by Crippen LogP contribution is -2.08. The van der Waals surface area contributed by atoms with Crippen LogP contribution < -0.4 is 4.74 Å². The van der Waals surface area contributed by atoms with Crippen LogP contribution in [-0.4, -0.2) is 12.0 Å². The van der Waals surface area contributed by atoms with Crippen LogP contribution in [0.15, 0.2) is 16.7 Å². The molecular formula is C7H5BrF3NO. The minimum absolute atomic E-state index is 0.493. The highest BCUT2D eigenvalue weighted by Crippen LogP contribution is 2.35. The lowest BCUT2D eigenvalue weighted by Gasteiger charge is -2.10. The van der Waals surface area contributed by atoms with Crippen LogP contribution in [0.4, 0.5) is 13.2 Å². The van der Waals surface area contributed by atoms with Crippen molar-refractivity contribution in [2.24, 2.45) is 0 Å². The summed E-state index contributed by atoms with van der Waals surface area (Å²) >= 11 is 2.60. The van der Waals surface area contributed by atoms with Crippen molar-refractivity contribution >= 4 is 15.9 Å². The molecule has 1 aromatic rings. The van der Waals surface area contributed by atoms with Gasteiger partial charge >= 0.3 is 6.18 Å². The Bertz CT molecular complexity index is 476. The number of halogens is 4. The molecule has 1 rings (SSSR count). The van der Waals surface area contributed by atoms with Crippen molar-refractivity contribution in [3.63, 3.8) is 0 Å². The van der Waals surface area contributed by atoms with Gasteiger partial charge in [-0.1, -0.05) is 0 Å². The number of nitrogens with zero attached hydrogens (tertiary/aromatic N) is 1. The average Bonchev–Trinajstić information content (AvgIpc) is 2.09. The topological polar surface area (TPSA) is 22.1 Å². The van der Waals surface area contributed by atoms with E-state index in [1.807, 2.05) is 0 Å². The van der Waals surface area contributed by atoms with Gasteiger partial charge in [0, 0.05) is 10.6 Å². The Morgan fingerprint density at radius 1 is 1.69 bits per heavy atom. The van der Waals surface area contributed by atoms with Crippen LogP contribution in [0.2, 0.25) is 0 Å². The second-order valence-electron chi connectivity index (χ2n) is 1.94. The Morgan fingerprint density at radius 2 is 2.38 bits per heavy atom. The van der Waals surface area contributed by atoms with Gasteiger partial charge in [0.05, 0.1) is 13.9 Å². The second kappa shape index (κ2) is 3.53. The molecule has 0 bridgehead atoms. The maximum atomic E-state index is 12.7. The van der Waals surface area contributed by atoms with E-state index in [0.717, 1.165) is 0 Å². The molecule has 0 spiro atoms. The minimum atomic E-state index is -5.01. The lowest BCUT2D eigenvalue weighted by atomic mass is 10.2. The molecule has 6 heteroatoms. The monoisotopic (exact) mass is 260 g/mol. The van der Waals surface area contributed by atoms with Crippen LogP contribution in [0, 0.1) is 0 Å². The zero-order chi connectivity index (χ0) is 14.3. The highest BCUT2D eigenvalue weighted by Gasteiger charge is 2.35. The summed E-state index contributed by atoms with van der Waals surface area (Å²) in [6.45, 7) is 0. The Balaban J connectivity index is 3.50. The van der Waals surface area contributed by atoms with Gasteiger partial charge in [-0.05, 0) is 22.0 Å². The SMILES string of the molecule is [2H]c1nc(OC([2H])([2H])[2H])c(C(F)(F)F)c([2H])c1Br. The molecule has 0 aliphatic heterocycles. The number of ether oxygens (including phenoxy) is 1. The molecule has 0 aliphatic rings. The van der Waals surface area contributed by atoms with Gasteiger partial charge in [0.15, 0.2) is 0 Å². The maximum Gasteiger partial charge on any atom is 0.421 e. The molecule has 0 radical (unpaired) electrons. The van der Waals surface area contributed by atoms with Gasteiger partial charge in [0.1, 0.15) is 5.56 Å². The van der Waals surface area contributed by atoms with Crippen molar-refractivity contribution in [2.45, 2.75) is 6.18 Å². The van der Waals surface area contributed by atoms with E-state index in [0.29, 0.717) is 0 Å². The van der Waals surface area contributed by atoms with Gasteiger partial charge < -0.3 is 4.74 Å². The van der Waals surface area contributed by atoms with E-state index in [1.54, 1.807) is 0 Å². The number of methoxy groups -OCH3 is 1. The zero-order valence-corrected chi connectivity index (χ0v) is 7.45. The van der Waals surface area contributed by atoms with Crippen LogP contribution in [-0.2, 0) is 6.18 Å². The molecular weight excluding hydrogens is 251 g/mol. The second-order valence-corrected chi connectivity index (χ2v) is 2.74. The van der Waals surface area contributed by atoms with Crippen LogP contribution >= 0.6 is 15.9 Å². The molecule has 1 heterocycles. The zero-order valence-electron chi connectivity index (χ0n) is 10.9. The fraction of sp³-hybridized carbons (Fsp3) is 0.286. The molecule has 0 N–H and O–H groups in total. The van der Waals surface area contributed by atoms with Gasteiger partial charge in [0.25, 0.3) is 0 Å². The summed E-state index contributed by atoms with van der Waals surface area (Å²) in [5.74, 6) is -1.30. The van der Waals surface area contributed by atoms with Gasteiger partial charge in [0.2, 0.25) is 5.88 Å². The van der Waals surface area contributed by atoms with Crippen LogP contribution in [0.5, 0.6) is 5.88 Å². The van der Waals surface area contributed by atoms with E-state index in [9.17, 15) is 13.2 Å². The van der Waals surface area contributed by atoms with E-state index in [-0.39, 0.29) is 0 Å². The molecule has 0 aromatic carbocycles. The van der Waals surface area contributed by atoms with E-state index < -0.39 is 41.3 Å². The fourth-order valence-electron chi connectivity index (χ4n) is 0.613. The Hall–Kier alpha value is -0.780. The fourth-order valence-corrected chi connectivity index (χ4v) is 0.900. The molecule has 0 aliphatic carbocycles. The van der Waals surface area contributed by atoms with Gasteiger partial charge in [-0.25, -0.2) is 4.98 Å². The quantitative estimate of drug-likeness (QED) is 0.775. The highest BCUT2D eigenvalue weighted by atomic mass is 79.9. The van der Waals surface area contributed by atoms with Crippen LogP contribution in [0.1, 0.15) is 12.4 Å². The molecule has 0 atom stereocenters. The molecule has 0 fully saturated rings. The summed E-state index contributed by atoms with van der Waals surface area (Å²) < 4.78 is 76.3. The van der Waals surface area contributed by atoms with Crippen LogP contribution in [0.3, 0.4) is 0 Å². The molecule has 13 heavy (non-hydrogen) atoms. The van der Waals surface area contributed by atoms with Gasteiger partial charge in [-0.15, -0.1) is 0 Å². The summed E-state index contributed by atoms with van der Waals surface area (Å²) in [6.07, 6.45) is -5.73. The third-order valence-electron chi connectivity index (χ3n) is 1.08. The summed E-state index contributed by atoms with van der Waals surface area (Å²) in [4.78, 5) is 3.08. The number of pyridine rings is 1. The molecule has 2 nitrogen and oxygen atoms in total.